The predicted molar refractivity (Wildman–Crippen MR) is 247 cm³/mol. The van der Waals surface area contributed by atoms with Gasteiger partial charge in [-0.1, -0.05) is 121 Å². The molecule has 0 aliphatic heterocycles. The third kappa shape index (κ3) is 4.66. The van der Waals surface area contributed by atoms with Crippen molar-refractivity contribution in [3.63, 3.8) is 0 Å². The van der Waals surface area contributed by atoms with Crippen LogP contribution in [-0.4, -0.2) is 9.13 Å². The molecule has 0 fully saturated rings. The summed E-state index contributed by atoms with van der Waals surface area (Å²) >= 11 is 0. The summed E-state index contributed by atoms with van der Waals surface area (Å²) in [5, 5.41) is 9.12. The minimum atomic E-state index is -0.361. The van der Waals surface area contributed by atoms with E-state index in [0.717, 1.165) is 88.1 Å². The lowest BCUT2D eigenvalue weighted by Gasteiger charge is -2.12. The molecule has 0 N–H and O–H groups in total. The van der Waals surface area contributed by atoms with Gasteiger partial charge in [-0.3, -0.25) is 0 Å². The van der Waals surface area contributed by atoms with Crippen molar-refractivity contribution in [2.75, 3.05) is 0 Å². The van der Waals surface area contributed by atoms with Gasteiger partial charge in [0, 0.05) is 49.1 Å². The van der Waals surface area contributed by atoms with E-state index in [-0.39, 0.29) is 5.63 Å². The Morgan fingerprint density at radius 1 is 0.333 bits per heavy atom. The molecule has 0 radical (unpaired) electrons. The monoisotopic (exact) mass is 768 g/mol. The molecule has 0 saturated heterocycles. The summed E-state index contributed by atoms with van der Waals surface area (Å²) in [6.07, 6.45) is 0. The third-order valence-electron chi connectivity index (χ3n) is 12.4. The van der Waals surface area contributed by atoms with Crippen LogP contribution in [0.2, 0.25) is 0 Å². The maximum absolute atomic E-state index is 13.8. The molecular formula is C55H32N2O3. The van der Waals surface area contributed by atoms with Crippen LogP contribution in [-0.2, 0) is 0 Å². The van der Waals surface area contributed by atoms with Gasteiger partial charge in [-0.05, 0) is 100 Å². The summed E-state index contributed by atoms with van der Waals surface area (Å²) in [5.74, 6) is 0. The van der Waals surface area contributed by atoms with Crippen LogP contribution in [0.3, 0.4) is 0 Å². The second-order valence-electron chi connectivity index (χ2n) is 15.6. The molecule has 13 rings (SSSR count). The first-order chi connectivity index (χ1) is 29.7. The molecule has 60 heavy (non-hydrogen) atoms. The molecule has 5 nitrogen and oxygen atoms in total. The molecule has 280 valence electrons. The standard InChI is InChI=1S/C55H32N2O3/c58-55-46-31-35(38-18-11-21-50-52(38)44-17-8-10-20-49(44)59-50)23-25-39(46)41-26-22-34(32-51(41)60-55)33-24-29-48-45(30-33)43-28-27-42-40-16-7-9-19-47(40)56(36-12-3-1-4-13-36)53(42)54(43)57(48)37-14-5-2-6-15-37/h1-32H. The maximum Gasteiger partial charge on any atom is 0.344 e. The van der Waals surface area contributed by atoms with Gasteiger partial charge in [-0.25, -0.2) is 4.79 Å². The third-order valence-corrected chi connectivity index (χ3v) is 12.4. The molecular weight excluding hydrogens is 737 g/mol. The van der Waals surface area contributed by atoms with Gasteiger partial charge in [0.1, 0.15) is 16.7 Å². The normalized spacial score (nSPS) is 12.1. The lowest BCUT2D eigenvalue weighted by Crippen LogP contribution is -2.00. The Hall–Kier alpha value is -8.15. The lowest BCUT2D eigenvalue weighted by atomic mass is 9.96. The fourth-order valence-corrected chi connectivity index (χ4v) is 9.72. The van der Waals surface area contributed by atoms with Crippen molar-refractivity contribution >= 4 is 87.3 Å². The van der Waals surface area contributed by atoms with Crippen LogP contribution in [0.15, 0.2) is 208 Å². The summed E-state index contributed by atoms with van der Waals surface area (Å²) in [4.78, 5) is 13.8. The molecule has 0 unspecified atom stereocenters. The molecule has 0 amide bonds. The van der Waals surface area contributed by atoms with E-state index in [9.17, 15) is 4.79 Å². The number of hydrogen-bond acceptors (Lipinski definition) is 3. The Labute approximate surface area is 342 Å². The maximum atomic E-state index is 13.8. The average molecular weight is 769 g/mol. The van der Waals surface area contributed by atoms with E-state index in [4.69, 9.17) is 8.83 Å². The molecule has 13 aromatic rings. The van der Waals surface area contributed by atoms with Gasteiger partial charge in [0.05, 0.1) is 27.5 Å². The SMILES string of the molecule is O=c1oc2cc(-c3ccc4c(c3)c3ccc5c6ccccc6n(-c6ccccc6)c5c3n4-c3ccccc3)ccc2c2ccc(-c3cccc4oc5ccccc5c34)cc12. The molecule has 0 bridgehead atoms. The lowest BCUT2D eigenvalue weighted by molar-refractivity contribution is 0.570. The van der Waals surface area contributed by atoms with Crippen molar-refractivity contribution in [2.24, 2.45) is 0 Å². The van der Waals surface area contributed by atoms with Gasteiger partial charge in [0.15, 0.2) is 0 Å². The van der Waals surface area contributed by atoms with Crippen LogP contribution in [0.25, 0.3) is 121 Å². The smallest absolute Gasteiger partial charge is 0.344 e. The Morgan fingerprint density at radius 3 is 1.68 bits per heavy atom. The quantitative estimate of drug-likeness (QED) is 0.132. The Morgan fingerprint density at radius 2 is 0.900 bits per heavy atom. The summed E-state index contributed by atoms with van der Waals surface area (Å²) < 4.78 is 17.1. The second-order valence-corrected chi connectivity index (χ2v) is 15.6. The van der Waals surface area contributed by atoms with Gasteiger partial charge in [-0.15, -0.1) is 0 Å². The number of furan rings is 1. The number of benzene rings is 9. The number of rotatable bonds is 4. The Balaban J connectivity index is 0.999. The van der Waals surface area contributed by atoms with E-state index >= 15 is 0 Å². The van der Waals surface area contributed by atoms with Gasteiger partial charge in [0.2, 0.25) is 0 Å². The first kappa shape index (κ1) is 32.9. The van der Waals surface area contributed by atoms with Crippen LogP contribution >= 0.6 is 0 Å². The fraction of sp³-hybridized carbons (Fsp3) is 0. The topological polar surface area (TPSA) is 53.2 Å². The van der Waals surface area contributed by atoms with E-state index in [1.54, 1.807) is 0 Å². The predicted octanol–water partition coefficient (Wildman–Crippen LogP) is 14.4. The van der Waals surface area contributed by atoms with Crippen molar-refractivity contribution in [3.8, 4) is 33.6 Å². The van der Waals surface area contributed by atoms with Gasteiger partial charge >= 0.3 is 5.63 Å². The summed E-state index contributed by atoms with van der Waals surface area (Å²) in [6.45, 7) is 0. The molecule has 4 heterocycles. The second kappa shape index (κ2) is 12.4. The summed E-state index contributed by atoms with van der Waals surface area (Å²) in [7, 11) is 0. The van der Waals surface area contributed by atoms with Crippen molar-refractivity contribution in [3.05, 3.63) is 205 Å². The number of hydrogen-bond donors (Lipinski definition) is 0. The highest BCUT2D eigenvalue weighted by atomic mass is 16.4. The molecule has 9 aromatic carbocycles. The Bertz CT molecular complexity index is 3960. The van der Waals surface area contributed by atoms with E-state index in [1.807, 2.05) is 48.5 Å². The van der Waals surface area contributed by atoms with Gasteiger partial charge in [-0.2, -0.15) is 0 Å². The molecule has 0 aliphatic rings. The number of para-hydroxylation sites is 4. The van der Waals surface area contributed by atoms with E-state index < -0.39 is 0 Å². The van der Waals surface area contributed by atoms with Crippen LogP contribution in [0.4, 0.5) is 0 Å². The van der Waals surface area contributed by atoms with E-state index in [1.165, 1.54) is 21.8 Å². The molecule has 4 aromatic heterocycles. The van der Waals surface area contributed by atoms with Crippen molar-refractivity contribution in [1.29, 1.82) is 0 Å². The van der Waals surface area contributed by atoms with Crippen LogP contribution < -0.4 is 5.63 Å². The zero-order valence-corrected chi connectivity index (χ0v) is 32.1. The van der Waals surface area contributed by atoms with E-state index in [0.29, 0.717) is 11.0 Å². The molecule has 0 spiro atoms. The summed E-state index contributed by atoms with van der Waals surface area (Å²) in [6, 6.07) is 67.6. The zero-order valence-electron chi connectivity index (χ0n) is 32.1. The van der Waals surface area contributed by atoms with Crippen molar-refractivity contribution < 1.29 is 8.83 Å². The van der Waals surface area contributed by atoms with E-state index in [2.05, 4.69) is 155 Å². The number of aromatic nitrogens is 2. The summed E-state index contributed by atoms with van der Waals surface area (Å²) in [5.41, 5.74) is 12.6. The van der Waals surface area contributed by atoms with Crippen LogP contribution in [0, 0.1) is 0 Å². The minimum absolute atomic E-state index is 0.361. The first-order valence-corrected chi connectivity index (χ1v) is 20.2. The van der Waals surface area contributed by atoms with Gasteiger partial charge < -0.3 is 18.0 Å². The highest BCUT2D eigenvalue weighted by Gasteiger charge is 2.22. The molecule has 0 saturated carbocycles. The molecule has 0 aliphatic carbocycles. The Kier molecular flexibility index (Phi) is 6.81. The van der Waals surface area contributed by atoms with Crippen LogP contribution in [0.1, 0.15) is 0 Å². The van der Waals surface area contributed by atoms with Gasteiger partial charge in [0.25, 0.3) is 0 Å². The average Bonchev–Trinajstić information content (AvgIpc) is 3.97. The van der Waals surface area contributed by atoms with Crippen molar-refractivity contribution in [1.82, 2.24) is 9.13 Å². The number of fused-ring (bicyclic) bond motifs is 13. The highest BCUT2D eigenvalue weighted by molar-refractivity contribution is 6.24. The van der Waals surface area contributed by atoms with Crippen LogP contribution in [0.5, 0.6) is 0 Å². The highest BCUT2D eigenvalue weighted by Crippen LogP contribution is 2.43. The van der Waals surface area contributed by atoms with Crippen molar-refractivity contribution in [2.45, 2.75) is 0 Å². The zero-order chi connectivity index (χ0) is 39.5. The number of nitrogens with zero attached hydrogens (tertiary/aromatic N) is 2. The largest absolute Gasteiger partial charge is 0.456 e. The molecule has 0 atom stereocenters. The minimum Gasteiger partial charge on any atom is -0.456 e. The molecule has 5 heteroatoms. The first-order valence-electron chi connectivity index (χ1n) is 20.2. The fourth-order valence-electron chi connectivity index (χ4n) is 9.72.